The Labute approximate surface area is 248 Å². The summed E-state index contributed by atoms with van der Waals surface area (Å²) in [5.41, 5.74) is 2.30. The smallest absolute Gasteiger partial charge is 0.209 e. The Morgan fingerprint density at radius 3 is 2.56 bits per heavy atom. The maximum atomic E-state index is 9.24. The van der Waals surface area contributed by atoms with Gasteiger partial charge in [-0.15, -0.1) is 53.0 Å². The van der Waals surface area contributed by atoms with E-state index in [1.165, 1.54) is 11.3 Å². The van der Waals surface area contributed by atoms with Gasteiger partial charge in [-0.05, 0) is 57.8 Å². The second-order valence-electron chi connectivity index (χ2n) is 9.02. The molecule has 4 heterocycles. The lowest BCUT2D eigenvalue weighted by molar-refractivity contribution is 0.154. The molecule has 1 aliphatic rings. The topological polar surface area (TPSA) is 109 Å². The zero-order valence-corrected chi connectivity index (χ0v) is 25.0. The van der Waals surface area contributed by atoms with E-state index in [1.807, 2.05) is 55.6 Å². The summed E-state index contributed by atoms with van der Waals surface area (Å²) >= 11 is 3.26. The molecule has 4 aromatic rings. The van der Waals surface area contributed by atoms with Crippen LogP contribution in [0.15, 0.2) is 51.2 Å². The minimum absolute atomic E-state index is 0. The maximum Gasteiger partial charge on any atom is 0.209 e. The van der Waals surface area contributed by atoms with Gasteiger partial charge in [-0.1, -0.05) is 18.2 Å². The first-order valence-corrected chi connectivity index (χ1v) is 14.2. The average Bonchev–Trinajstić information content (AvgIpc) is 3.53. The second kappa shape index (κ2) is 14.8. The quantitative estimate of drug-likeness (QED) is 0.196. The highest BCUT2D eigenvalue weighted by atomic mass is 35.5. The number of ether oxygens (including phenoxy) is 1. The minimum Gasteiger partial charge on any atom is -0.453 e. The van der Waals surface area contributed by atoms with Crippen LogP contribution < -0.4 is 10.1 Å². The molecule has 1 saturated heterocycles. The fourth-order valence-electron chi connectivity index (χ4n) is 4.22. The number of hydrogen-bond acceptors (Lipinski definition) is 11. The Kier molecular flexibility index (Phi) is 11.8. The van der Waals surface area contributed by atoms with Crippen molar-refractivity contribution in [3.05, 3.63) is 53.2 Å². The number of likely N-dealkylation sites (tertiary alicyclic amines) is 1. The molecular weight excluding hydrogens is 579 g/mol. The van der Waals surface area contributed by atoms with E-state index in [-0.39, 0.29) is 31.4 Å². The summed E-state index contributed by atoms with van der Waals surface area (Å²) in [5.74, 6) is 3.95. The zero-order valence-electron chi connectivity index (χ0n) is 21.7. The molecule has 0 bridgehead atoms. The molecule has 0 spiro atoms. The predicted octanol–water partition coefficient (Wildman–Crippen LogP) is 6.38. The third kappa shape index (κ3) is 8.06. The van der Waals surface area contributed by atoms with Crippen LogP contribution in [0.2, 0.25) is 0 Å². The highest BCUT2D eigenvalue weighted by Gasteiger charge is 2.24. The zero-order chi connectivity index (χ0) is 25.6. The average molecular weight is 612 g/mol. The summed E-state index contributed by atoms with van der Waals surface area (Å²) in [5, 5.41) is 23.1. The Bertz CT molecular complexity index is 1320. The number of nitrogens with zero attached hydrogens (tertiary/aromatic N) is 5. The molecule has 0 amide bonds. The number of hydrogen-bond donors (Lipinski definition) is 2. The van der Waals surface area contributed by atoms with Crippen molar-refractivity contribution in [3.63, 3.8) is 0 Å². The molecule has 0 radical (unpaired) electrons. The van der Waals surface area contributed by atoms with E-state index in [9.17, 15) is 5.11 Å². The molecule has 2 N–H and O–H groups in total. The summed E-state index contributed by atoms with van der Waals surface area (Å²) in [6.07, 6.45) is 2.21. The van der Waals surface area contributed by atoms with Crippen molar-refractivity contribution >= 4 is 58.9 Å². The number of nitrogens with one attached hydrogen (secondary N) is 1. The van der Waals surface area contributed by atoms with Crippen LogP contribution in [0, 0.1) is 19.8 Å². The lowest BCUT2D eigenvalue weighted by atomic mass is 9.99. The molecule has 1 aromatic carbocycles. The van der Waals surface area contributed by atoms with Crippen molar-refractivity contribution < 1.29 is 14.4 Å². The van der Waals surface area contributed by atoms with E-state index < -0.39 is 0 Å². The number of β-amino-alcohol motifs (C(OH)–C–C–N with tert-alkyl or cyclic N) is 1. The van der Waals surface area contributed by atoms with Gasteiger partial charge >= 0.3 is 0 Å². The highest BCUT2D eigenvalue weighted by molar-refractivity contribution is 7.99. The van der Waals surface area contributed by atoms with Crippen LogP contribution in [0.4, 0.5) is 10.9 Å². The van der Waals surface area contributed by atoms with Gasteiger partial charge in [-0.3, -0.25) is 0 Å². The predicted molar refractivity (Wildman–Crippen MR) is 160 cm³/mol. The molecule has 1 fully saturated rings. The molecular formula is C26H32Cl2N6O3S2. The van der Waals surface area contributed by atoms with E-state index in [0.717, 1.165) is 59.7 Å². The summed E-state index contributed by atoms with van der Waals surface area (Å²) in [6, 6.07) is 11.7. The largest absolute Gasteiger partial charge is 0.453 e. The van der Waals surface area contributed by atoms with Crippen molar-refractivity contribution in [2.24, 2.45) is 5.92 Å². The number of piperidine rings is 1. The molecule has 0 unspecified atom stereocenters. The van der Waals surface area contributed by atoms with Gasteiger partial charge in [-0.2, -0.15) is 0 Å². The van der Waals surface area contributed by atoms with E-state index in [2.05, 4.69) is 25.6 Å². The minimum atomic E-state index is 0. The van der Waals surface area contributed by atoms with Crippen molar-refractivity contribution in [1.82, 2.24) is 25.2 Å². The third-order valence-corrected chi connectivity index (χ3v) is 8.37. The molecule has 3 aromatic heterocycles. The van der Waals surface area contributed by atoms with E-state index in [0.29, 0.717) is 34.6 Å². The number of aryl methyl sites for hydroxylation is 2. The van der Waals surface area contributed by atoms with Crippen molar-refractivity contribution in [3.8, 4) is 23.0 Å². The number of thioether (sulfide) groups is 1. The van der Waals surface area contributed by atoms with Gasteiger partial charge in [0.05, 0.1) is 12.3 Å². The fraction of sp³-hybridized carbons (Fsp3) is 0.385. The van der Waals surface area contributed by atoms with Crippen LogP contribution >= 0.6 is 47.9 Å². The number of benzene rings is 1. The SMILES string of the molecule is Cc1csc(Nc2nc(-c3onnc3C)c(SCC3CCN(CCO)CC3)cc2Oc2ccccc2)n1.Cl.Cl. The molecule has 210 valence electrons. The number of anilines is 2. The van der Waals surface area contributed by atoms with E-state index >= 15 is 0 Å². The van der Waals surface area contributed by atoms with Gasteiger partial charge < -0.3 is 24.6 Å². The molecule has 5 rings (SSSR count). The van der Waals surface area contributed by atoms with Crippen molar-refractivity contribution in [2.75, 3.05) is 37.3 Å². The van der Waals surface area contributed by atoms with Gasteiger partial charge in [-0.25, -0.2) is 9.97 Å². The van der Waals surface area contributed by atoms with Crippen LogP contribution in [-0.2, 0) is 0 Å². The van der Waals surface area contributed by atoms with Crippen molar-refractivity contribution in [2.45, 2.75) is 31.6 Å². The number of rotatable bonds is 10. The molecule has 13 heteroatoms. The van der Waals surface area contributed by atoms with Gasteiger partial charge in [0.15, 0.2) is 16.7 Å². The first kappa shape index (κ1) is 31.1. The number of aliphatic hydroxyl groups excluding tert-OH is 1. The molecule has 0 saturated carbocycles. The molecule has 0 atom stereocenters. The van der Waals surface area contributed by atoms with E-state index in [1.54, 1.807) is 11.8 Å². The number of halogens is 2. The van der Waals surface area contributed by atoms with E-state index in [4.69, 9.17) is 14.2 Å². The Balaban J connectivity index is 0.00000210. The Morgan fingerprint density at radius 1 is 1.15 bits per heavy atom. The van der Waals surface area contributed by atoms with Gasteiger partial charge in [0.2, 0.25) is 5.76 Å². The monoisotopic (exact) mass is 610 g/mol. The molecule has 0 aliphatic carbocycles. The maximum absolute atomic E-state index is 9.24. The van der Waals surface area contributed by atoms with Crippen LogP contribution in [0.3, 0.4) is 0 Å². The van der Waals surface area contributed by atoms with Gasteiger partial charge in [0, 0.05) is 33.9 Å². The number of aromatic nitrogens is 4. The van der Waals surface area contributed by atoms with Crippen LogP contribution in [0.25, 0.3) is 11.5 Å². The van der Waals surface area contributed by atoms with Gasteiger partial charge in [0.1, 0.15) is 17.1 Å². The van der Waals surface area contributed by atoms with Crippen molar-refractivity contribution in [1.29, 1.82) is 0 Å². The van der Waals surface area contributed by atoms with Crippen LogP contribution in [-0.4, -0.2) is 62.3 Å². The highest BCUT2D eigenvalue weighted by Crippen LogP contribution is 2.41. The lowest BCUT2D eigenvalue weighted by Gasteiger charge is -2.31. The normalized spacial score (nSPS) is 13.9. The first-order chi connectivity index (χ1) is 18.1. The first-order valence-electron chi connectivity index (χ1n) is 12.3. The second-order valence-corrected chi connectivity index (χ2v) is 10.9. The Morgan fingerprint density at radius 2 is 1.92 bits per heavy atom. The molecule has 39 heavy (non-hydrogen) atoms. The van der Waals surface area contributed by atoms with Crippen LogP contribution in [0.5, 0.6) is 11.5 Å². The third-order valence-electron chi connectivity index (χ3n) is 6.23. The number of thiazole rings is 1. The fourth-order valence-corrected chi connectivity index (χ4v) is 6.12. The summed E-state index contributed by atoms with van der Waals surface area (Å²) in [7, 11) is 0. The Hall–Kier alpha value is -2.41. The van der Waals surface area contributed by atoms with Gasteiger partial charge in [0.25, 0.3) is 0 Å². The summed E-state index contributed by atoms with van der Waals surface area (Å²) in [4.78, 5) is 12.8. The number of pyridine rings is 1. The number of para-hydroxylation sites is 1. The summed E-state index contributed by atoms with van der Waals surface area (Å²) in [6.45, 7) is 6.81. The standard InChI is InChI=1S/C26H30N6O3S2.2ClH/c1-17-15-37-26(27-17)29-25-21(34-20-6-4-3-5-7-20)14-22(23(28-25)24-18(2)30-31-35-24)36-16-19-8-10-32(11-9-19)12-13-33;;/h3-7,14-15,19,33H,8-13,16H2,1-2H3,(H,27,28,29);2*1H. The van der Waals surface area contributed by atoms with Crippen LogP contribution in [0.1, 0.15) is 24.2 Å². The molecule has 1 aliphatic heterocycles. The molecule has 9 nitrogen and oxygen atoms in total. The number of aliphatic hydroxyl groups is 1. The lowest BCUT2D eigenvalue weighted by Crippen LogP contribution is -2.36. The summed E-state index contributed by atoms with van der Waals surface area (Å²) < 4.78 is 11.9.